The van der Waals surface area contributed by atoms with Crippen LogP contribution in [0.15, 0.2) is 73.2 Å². The van der Waals surface area contributed by atoms with Crippen molar-refractivity contribution in [2.75, 3.05) is 5.32 Å². The van der Waals surface area contributed by atoms with Gasteiger partial charge in [-0.15, -0.1) is 0 Å². The number of rotatable bonds is 6. The fraction of sp³-hybridized carbons (Fsp3) is 0.0769. The molecule has 2 amide bonds. The molecule has 2 N–H and O–H groups in total. The van der Waals surface area contributed by atoms with Gasteiger partial charge in [0.25, 0.3) is 11.8 Å². The second kappa shape index (κ2) is 9.61. The van der Waals surface area contributed by atoms with E-state index in [0.717, 1.165) is 29.5 Å². The normalized spacial score (nSPS) is 11.0. The Morgan fingerprint density at radius 3 is 2.49 bits per heavy atom. The van der Waals surface area contributed by atoms with Crippen LogP contribution in [0.4, 0.5) is 18.9 Å². The van der Waals surface area contributed by atoms with E-state index >= 15 is 0 Å². The van der Waals surface area contributed by atoms with Gasteiger partial charge in [0.05, 0.1) is 17.6 Å². The van der Waals surface area contributed by atoms with Crippen molar-refractivity contribution >= 4 is 23.1 Å². The lowest BCUT2D eigenvalue weighted by Crippen LogP contribution is -2.23. The van der Waals surface area contributed by atoms with Gasteiger partial charge in [-0.2, -0.15) is 5.10 Å². The standard InChI is InChI=1S/C26H19F3N6O2/c1-34-22(6-8-32-34)16-7-9-35-23(14-30-24(35)12-16)26(37)33-21-11-17(3-5-19(21)28)25(36)31-13-15-2-4-18(27)20(29)10-15/h2-12,14H,13H2,1H3,(H,31,36)(H,33,37). The lowest BCUT2D eigenvalue weighted by atomic mass is 10.1. The molecule has 0 saturated carbocycles. The summed E-state index contributed by atoms with van der Waals surface area (Å²) in [6.07, 6.45) is 4.72. The van der Waals surface area contributed by atoms with Gasteiger partial charge in [0, 0.05) is 37.1 Å². The molecule has 0 radical (unpaired) electrons. The number of nitrogens with zero attached hydrogens (tertiary/aromatic N) is 4. The predicted molar refractivity (Wildman–Crippen MR) is 129 cm³/mol. The maximum absolute atomic E-state index is 14.5. The summed E-state index contributed by atoms with van der Waals surface area (Å²) >= 11 is 0. The van der Waals surface area contributed by atoms with E-state index < -0.39 is 29.3 Å². The molecule has 5 rings (SSSR count). The Morgan fingerprint density at radius 1 is 0.919 bits per heavy atom. The first-order valence-corrected chi connectivity index (χ1v) is 11.1. The largest absolute Gasteiger partial charge is 0.348 e. The number of aryl methyl sites for hydroxylation is 1. The molecule has 0 bridgehead atoms. The van der Waals surface area contributed by atoms with E-state index in [0.29, 0.717) is 11.2 Å². The molecule has 2 aromatic carbocycles. The molecule has 0 spiro atoms. The van der Waals surface area contributed by atoms with E-state index in [1.165, 1.54) is 24.4 Å². The second-order valence-electron chi connectivity index (χ2n) is 8.21. The lowest BCUT2D eigenvalue weighted by Gasteiger charge is -2.10. The maximum atomic E-state index is 14.5. The molecular weight excluding hydrogens is 485 g/mol. The Morgan fingerprint density at radius 2 is 1.73 bits per heavy atom. The Hall–Kier alpha value is -4.93. The first-order valence-electron chi connectivity index (χ1n) is 11.1. The van der Waals surface area contributed by atoms with Crippen LogP contribution in [0, 0.1) is 17.5 Å². The highest BCUT2D eigenvalue weighted by Gasteiger charge is 2.17. The third kappa shape index (κ3) is 4.79. The van der Waals surface area contributed by atoms with Gasteiger partial charge in [-0.1, -0.05) is 6.07 Å². The van der Waals surface area contributed by atoms with Crippen LogP contribution in [-0.2, 0) is 13.6 Å². The molecule has 0 fully saturated rings. The van der Waals surface area contributed by atoms with Crippen molar-refractivity contribution in [2.45, 2.75) is 6.54 Å². The number of pyridine rings is 1. The number of carbonyl (C=O) groups excluding carboxylic acids is 2. The van der Waals surface area contributed by atoms with E-state index in [9.17, 15) is 22.8 Å². The van der Waals surface area contributed by atoms with Crippen LogP contribution in [0.3, 0.4) is 0 Å². The molecule has 3 heterocycles. The zero-order valence-corrected chi connectivity index (χ0v) is 19.4. The zero-order valence-electron chi connectivity index (χ0n) is 19.4. The average Bonchev–Trinajstić information content (AvgIpc) is 3.51. The molecule has 0 aliphatic heterocycles. The van der Waals surface area contributed by atoms with Crippen LogP contribution in [0.2, 0.25) is 0 Å². The minimum absolute atomic E-state index is 0.0678. The van der Waals surface area contributed by atoms with Crippen LogP contribution in [0.5, 0.6) is 0 Å². The number of benzene rings is 2. The van der Waals surface area contributed by atoms with E-state index in [-0.39, 0.29) is 23.5 Å². The van der Waals surface area contributed by atoms with Gasteiger partial charge in [-0.05, 0) is 54.1 Å². The highest BCUT2D eigenvalue weighted by Crippen LogP contribution is 2.22. The Bertz CT molecular complexity index is 1660. The van der Waals surface area contributed by atoms with E-state index in [4.69, 9.17) is 0 Å². The molecular formula is C26H19F3N6O2. The molecule has 0 saturated heterocycles. The molecule has 0 unspecified atom stereocenters. The van der Waals surface area contributed by atoms with Crippen LogP contribution in [0.1, 0.15) is 26.4 Å². The van der Waals surface area contributed by atoms with Crippen LogP contribution in [0.25, 0.3) is 16.9 Å². The Balaban J connectivity index is 1.32. The molecule has 0 atom stereocenters. The van der Waals surface area contributed by atoms with Gasteiger partial charge in [0.1, 0.15) is 17.2 Å². The molecule has 5 aromatic rings. The number of carbonyl (C=O) groups is 2. The number of nitrogens with one attached hydrogen (secondary N) is 2. The van der Waals surface area contributed by atoms with Crippen molar-refractivity contribution in [3.8, 4) is 11.3 Å². The smallest absolute Gasteiger partial charge is 0.274 e. The quantitative estimate of drug-likeness (QED) is 0.360. The van der Waals surface area contributed by atoms with Crippen LogP contribution >= 0.6 is 0 Å². The monoisotopic (exact) mass is 504 g/mol. The molecule has 11 heteroatoms. The lowest BCUT2D eigenvalue weighted by molar-refractivity contribution is 0.0949. The van der Waals surface area contributed by atoms with Crippen molar-refractivity contribution in [1.29, 1.82) is 0 Å². The highest BCUT2D eigenvalue weighted by molar-refractivity contribution is 6.04. The van der Waals surface area contributed by atoms with Gasteiger partial charge in [-0.3, -0.25) is 18.7 Å². The van der Waals surface area contributed by atoms with Crippen molar-refractivity contribution in [3.05, 3.63) is 107 Å². The fourth-order valence-electron chi connectivity index (χ4n) is 3.85. The summed E-state index contributed by atoms with van der Waals surface area (Å²) in [4.78, 5) is 29.8. The number of fused-ring (bicyclic) bond motifs is 1. The number of hydrogen-bond donors (Lipinski definition) is 2. The number of aromatic nitrogens is 4. The Kier molecular flexibility index (Phi) is 6.18. The van der Waals surface area contributed by atoms with Gasteiger partial charge in [0.2, 0.25) is 0 Å². The van der Waals surface area contributed by atoms with Gasteiger partial charge in [-0.25, -0.2) is 18.2 Å². The average molecular weight is 504 g/mol. The zero-order chi connectivity index (χ0) is 26.1. The van der Waals surface area contributed by atoms with Crippen molar-refractivity contribution in [1.82, 2.24) is 24.5 Å². The van der Waals surface area contributed by atoms with Crippen molar-refractivity contribution in [3.63, 3.8) is 0 Å². The minimum Gasteiger partial charge on any atom is -0.348 e. The number of amides is 2. The number of anilines is 1. The summed E-state index contributed by atoms with van der Waals surface area (Å²) in [7, 11) is 1.81. The van der Waals surface area contributed by atoms with Crippen LogP contribution in [-0.4, -0.2) is 31.0 Å². The Labute approximate surface area is 208 Å². The van der Waals surface area contributed by atoms with Crippen LogP contribution < -0.4 is 10.6 Å². The maximum Gasteiger partial charge on any atom is 0.274 e. The van der Waals surface area contributed by atoms with Gasteiger partial charge >= 0.3 is 0 Å². The second-order valence-corrected chi connectivity index (χ2v) is 8.21. The highest BCUT2D eigenvalue weighted by atomic mass is 19.2. The predicted octanol–water partition coefficient (Wildman–Crippen LogP) is 4.33. The summed E-state index contributed by atoms with van der Waals surface area (Å²) in [5.74, 6) is -3.97. The summed E-state index contributed by atoms with van der Waals surface area (Å²) in [5.41, 5.74) is 2.62. The number of imidazole rings is 1. The number of hydrogen-bond acceptors (Lipinski definition) is 4. The summed E-state index contributed by atoms with van der Waals surface area (Å²) in [6, 6.07) is 12.2. The van der Waals surface area contributed by atoms with Crippen molar-refractivity contribution in [2.24, 2.45) is 7.05 Å². The molecule has 8 nitrogen and oxygen atoms in total. The summed E-state index contributed by atoms with van der Waals surface area (Å²) in [6.45, 7) is -0.0717. The summed E-state index contributed by atoms with van der Waals surface area (Å²) < 4.78 is 44.2. The van der Waals surface area contributed by atoms with Gasteiger partial charge < -0.3 is 10.6 Å². The fourth-order valence-corrected chi connectivity index (χ4v) is 3.85. The SMILES string of the molecule is Cn1nccc1-c1ccn2c(C(=O)Nc3cc(C(=O)NCc4ccc(F)c(F)c4)ccc3F)cnc2c1. The first kappa shape index (κ1) is 23.8. The number of halogens is 3. The minimum atomic E-state index is -1.03. The van der Waals surface area contributed by atoms with E-state index in [1.54, 1.807) is 33.6 Å². The third-order valence-electron chi connectivity index (χ3n) is 5.78. The molecule has 3 aromatic heterocycles. The topological polar surface area (TPSA) is 93.3 Å². The molecule has 186 valence electrons. The molecule has 37 heavy (non-hydrogen) atoms. The van der Waals surface area contributed by atoms with E-state index in [2.05, 4.69) is 20.7 Å². The third-order valence-corrected chi connectivity index (χ3v) is 5.78. The van der Waals surface area contributed by atoms with Gasteiger partial charge in [0.15, 0.2) is 11.6 Å². The molecule has 0 aliphatic rings. The molecule has 0 aliphatic carbocycles. The summed E-state index contributed by atoms with van der Waals surface area (Å²) in [5, 5.41) is 9.18. The van der Waals surface area contributed by atoms with E-state index in [1.807, 2.05) is 13.1 Å². The van der Waals surface area contributed by atoms with Crippen molar-refractivity contribution < 1.29 is 22.8 Å². The first-order chi connectivity index (χ1) is 17.8.